The van der Waals surface area contributed by atoms with Gasteiger partial charge in [-0.3, -0.25) is 4.79 Å². The summed E-state index contributed by atoms with van der Waals surface area (Å²) in [4.78, 5) is 12.1. The first-order chi connectivity index (χ1) is 8.86. The summed E-state index contributed by atoms with van der Waals surface area (Å²) in [5.41, 5.74) is 6.29. The smallest absolute Gasteiger partial charge is 0.251 e. The molecule has 0 fully saturated rings. The van der Waals surface area contributed by atoms with Crippen LogP contribution in [0.3, 0.4) is 0 Å². The second kappa shape index (κ2) is 6.98. The van der Waals surface area contributed by atoms with Gasteiger partial charge < -0.3 is 15.8 Å². The molecule has 0 aromatic heterocycles. The lowest BCUT2D eigenvalue weighted by Crippen LogP contribution is -2.41. The number of halogens is 2. The average molecular weight is 305 g/mol. The molecule has 0 radical (unpaired) electrons. The number of carbonyl (C=O) groups excluding carboxylic acids is 1. The number of ether oxygens (including phenoxy) is 1. The second-order valence-corrected chi connectivity index (χ2v) is 5.45. The van der Waals surface area contributed by atoms with Crippen molar-refractivity contribution < 1.29 is 9.53 Å². The standard InChI is InChI=1S/C13H18Cl2N2O2/c1-7(2)11(6-19-3)17-13(18)8-4-9(14)12(16)10(15)5-8/h4-5,7,11H,6,16H2,1-3H3,(H,17,18). The Kier molecular flexibility index (Phi) is 5.91. The van der Waals surface area contributed by atoms with Crippen molar-refractivity contribution >= 4 is 34.8 Å². The third-order valence-corrected chi connectivity index (χ3v) is 3.43. The summed E-state index contributed by atoms with van der Waals surface area (Å²) < 4.78 is 5.08. The molecular formula is C13H18Cl2N2O2. The van der Waals surface area contributed by atoms with Crippen molar-refractivity contribution in [3.05, 3.63) is 27.7 Å². The topological polar surface area (TPSA) is 64.3 Å². The van der Waals surface area contributed by atoms with E-state index in [2.05, 4.69) is 5.32 Å². The molecule has 1 unspecified atom stereocenters. The Bertz CT molecular complexity index is 441. The zero-order valence-electron chi connectivity index (χ0n) is 11.2. The molecule has 0 saturated heterocycles. The fourth-order valence-electron chi connectivity index (χ4n) is 1.55. The summed E-state index contributed by atoms with van der Waals surface area (Å²) in [7, 11) is 1.60. The summed E-state index contributed by atoms with van der Waals surface area (Å²) in [6.07, 6.45) is 0. The van der Waals surface area contributed by atoms with Gasteiger partial charge in [0.15, 0.2) is 0 Å². The van der Waals surface area contributed by atoms with Crippen LogP contribution in [0.15, 0.2) is 12.1 Å². The van der Waals surface area contributed by atoms with E-state index in [0.29, 0.717) is 12.2 Å². The van der Waals surface area contributed by atoms with Gasteiger partial charge in [-0.15, -0.1) is 0 Å². The molecule has 0 saturated carbocycles. The maximum absolute atomic E-state index is 12.1. The first-order valence-corrected chi connectivity index (χ1v) is 6.66. The number of nitrogen functional groups attached to an aromatic ring is 1. The third-order valence-electron chi connectivity index (χ3n) is 2.81. The number of rotatable bonds is 5. The first kappa shape index (κ1) is 16.1. The molecule has 0 aliphatic rings. The maximum Gasteiger partial charge on any atom is 0.251 e. The van der Waals surface area contributed by atoms with Crippen molar-refractivity contribution in [3.63, 3.8) is 0 Å². The lowest BCUT2D eigenvalue weighted by molar-refractivity contribution is 0.0866. The van der Waals surface area contributed by atoms with Crippen molar-refractivity contribution in [2.75, 3.05) is 19.5 Å². The van der Waals surface area contributed by atoms with Gasteiger partial charge in [-0.05, 0) is 18.1 Å². The minimum absolute atomic E-state index is 0.0763. The Morgan fingerprint density at radius 2 is 1.89 bits per heavy atom. The minimum Gasteiger partial charge on any atom is -0.396 e. The summed E-state index contributed by atoms with van der Waals surface area (Å²) in [5, 5.41) is 3.42. The first-order valence-electron chi connectivity index (χ1n) is 5.91. The van der Waals surface area contributed by atoms with Crippen molar-refractivity contribution in [2.45, 2.75) is 19.9 Å². The highest BCUT2D eigenvalue weighted by atomic mass is 35.5. The Labute approximate surface area is 123 Å². The predicted molar refractivity (Wildman–Crippen MR) is 78.8 cm³/mol. The third kappa shape index (κ3) is 4.27. The van der Waals surface area contributed by atoms with Gasteiger partial charge in [-0.1, -0.05) is 37.0 Å². The highest BCUT2D eigenvalue weighted by Gasteiger charge is 2.18. The molecule has 0 bridgehead atoms. The second-order valence-electron chi connectivity index (χ2n) is 4.63. The molecule has 106 valence electrons. The molecule has 19 heavy (non-hydrogen) atoms. The molecular weight excluding hydrogens is 287 g/mol. The Balaban J connectivity index is 2.88. The van der Waals surface area contributed by atoms with Crippen molar-refractivity contribution in [2.24, 2.45) is 5.92 Å². The van der Waals surface area contributed by atoms with Crippen LogP contribution in [0.2, 0.25) is 10.0 Å². The zero-order chi connectivity index (χ0) is 14.6. The van der Waals surface area contributed by atoms with Gasteiger partial charge in [0.05, 0.1) is 28.4 Å². The van der Waals surface area contributed by atoms with Gasteiger partial charge in [0.2, 0.25) is 0 Å². The molecule has 1 rings (SSSR count). The summed E-state index contributed by atoms with van der Waals surface area (Å²) in [5.74, 6) is 0.00294. The van der Waals surface area contributed by atoms with E-state index in [9.17, 15) is 4.79 Å². The van der Waals surface area contributed by atoms with Crippen LogP contribution in [0, 0.1) is 5.92 Å². The lowest BCUT2D eigenvalue weighted by Gasteiger charge is -2.21. The number of hydrogen-bond acceptors (Lipinski definition) is 3. The summed E-state index contributed by atoms with van der Waals surface area (Å²) >= 11 is 11.8. The monoisotopic (exact) mass is 304 g/mol. The average Bonchev–Trinajstić information content (AvgIpc) is 2.34. The molecule has 1 atom stereocenters. The van der Waals surface area contributed by atoms with Crippen molar-refractivity contribution in [1.82, 2.24) is 5.32 Å². The molecule has 1 amide bonds. The van der Waals surface area contributed by atoms with E-state index in [0.717, 1.165) is 0 Å². The number of benzene rings is 1. The van der Waals surface area contributed by atoms with Crippen LogP contribution < -0.4 is 11.1 Å². The van der Waals surface area contributed by atoms with E-state index in [4.69, 9.17) is 33.7 Å². The molecule has 0 spiro atoms. The molecule has 1 aromatic rings. The maximum atomic E-state index is 12.1. The number of methoxy groups -OCH3 is 1. The van der Waals surface area contributed by atoms with Gasteiger partial charge in [0.25, 0.3) is 5.91 Å². The van der Waals surface area contributed by atoms with Crippen molar-refractivity contribution in [1.29, 1.82) is 0 Å². The molecule has 4 nitrogen and oxygen atoms in total. The van der Waals surface area contributed by atoms with E-state index in [1.54, 1.807) is 7.11 Å². The number of anilines is 1. The van der Waals surface area contributed by atoms with Crippen LogP contribution in [-0.2, 0) is 4.74 Å². The summed E-state index contributed by atoms with van der Waals surface area (Å²) in [6.45, 7) is 4.46. The number of hydrogen-bond donors (Lipinski definition) is 2. The fourth-order valence-corrected chi connectivity index (χ4v) is 2.03. The fraction of sp³-hybridized carbons (Fsp3) is 0.462. The van der Waals surface area contributed by atoms with Gasteiger partial charge in [-0.2, -0.15) is 0 Å². The number of nitrogens with two attached hydrogens (primary N) is 1. The quantitative estimate of drug-likeness (QED) is 0.822. The predicted octanol–water partition coefficient (Wildman–Crippen LogP) is 2.98. The van der Waals surface area contributed by atoms with Crippen LogP contribution in [-0.4, -0.2) is 25.7 Å². The van der Waals surface area contributed by atoms with E-state index < -0.39 is 0 Å². The van der Waals surface area contributed by atoms with Gasteiger partial charge in [-0.25, -0.2) is 0 Å². The highest BCUT2D eigenvalue weighted by molar-refractivity contribution is 6.39. The van der Waals surface area contributed by atoms with Gasteiger partial charge in [0.1, 0.15) is 0 Å². The Morgan fingerprint density at radius 3 is 2.32 bits per heavy atom. The number of nitrogens with one attached hydrogen (secondary N) is 1. The molecule has 0 aliphatic carbocycles. The molecule has 1 aromatic carbocycles. The van der Waals surface area contributed by atoms with Gasteiger partial charge >= 0.3 is 0 Å². The van der Waals surface area contributed by atoms with Crippen LogP contribution in [0.5, 0.6) is 0 Å². The molecule has 3 N–H and O–H groups in total. The zero-order valence-corrected chi connectivity index (χ0v) is 12.7. The van der Waals surface area contributed by atoms with Crippen molar-refractivity contribution in [3.8, 4) is 0 Å². The Morgan fingerprint density at radius 1 is 1.37 bits per heavy atom. The van der Waals surface area contributed by atoms with E-state index in [1.165, 1.54) is 12.1 Å². The number of amides is 1. The Hall–Kier alpha value is -0.970. The molecule has 0 aliphatic heterocycles. The lowest BCUT2D eigenvalue weighted by atomic mass is 10.0. The van der Waals surface area contributed by atoms with Crippen LogP contribution in [0.1, 0.15) is 24.2 Å². The van der Waals surface area contributed by atoms with E-state index in [-0.39, 0.29) is 33.6 Å². The largest absolute Gasteiger partial charge is 0.396 e. The van der Waals surface area contributed by atoms with Crippen LogP contribution in [0.25, 0.3) is 0 Å². The highest BCUT2D eigenvalue weighted by Crippen LogP contribution is 2.28. The molecule has 0 heterocycles. The van der Waals surface area contributed by atoms with E-state index >= 15 is 0 Å². The number of carbonyl (C=O) groups is 1. The van der Waals surface area contributed by atoms with E-state index in [1.807, 2.05) is 13.8 Å². The summed E-state index contributed by atoms with van der Waals surface area (Å²) in [6, 6.07) is 2.93. The molecule has 6 heteroatoms. The minimum atomic E-state index is -0.250. The van der Waals surface area contributed by atoms with Crippen LogP contribution in [0.4, 0.5) is 5.69 Å². The SMILES string of the molecule is COCC(NC(=O)c1cc(Cl)c(N)c(Cl)c1)C(C)C. The van der Waals surface area contributed by atoms with Crippen LogP contribution >= 0.6 is 23.2 Å². The van der Waals surface area contributed by atoms with Gasteiger partial charge in [0, 0.05) is 12.7 Å². The normalized spacial score (nSPS) is 12.5.